The Morgan fingerprint density at radius 1 is 1.45 bits per heavy atom. The van der Waals surface area contributed by atoms with E-state index in [0.717, 1.165) is 4.90 Å². The number of aliphatic carboxylic acids is 1. The van der Waals surface area contributed by atoms with E-state index >= 15 is 0 Å². The average Bonchev–Trinajstić information content (AvgIpc) is 2.32. The maximum Gasteiger partial charge on any atom is 0.318 e. The molecule has 2 atom stereocenters. The second kappa shape index (κ2) is 6.36. The zero-order valence-corrected chi connectivity index (χ0v) is 11.7. The lowest BCUT2D eigenvalue weighted by Crippen LogP contribution is -2.61. The molecule has 112 valence electrons. The van der Waals surface area contributed by atoms with Crippen LogP contribution in [0.5, 0.6) is 0 Å². The van der Waals surface area contributed by atoms with Gasteiger partial charge in [-0.3, -0.25) is 19.7 Å². The smallest absolute Gasteiger partial charge is 0.318 e. The molecule has 1 aliphatic heterocycles. The quantitative estimate of drug-likeness (QED) is 0.605. The van der Waals surface area contributed by atoms with Gasteiger partial charge >= 0.3 is 12.0 Å². The summed E-state index contributed by atoms with van der Waals surface area (Å²) < 4.78 is 0. The molecule has 20 heavy (non-hydrogen) atoms. The van der Waals surface area contributed by atoms with Gasteiger partial charge in [0.05, 0.1) is 6.42 Å². The summed E-state index contributed by atoms with van der Waals surface area (Å²) in [4.78, 5) is 46.7. The van der Waals surface area contributed by atoms with Crippen LogP contribution in [0.25, 0.3) is 0 Å². The fourth-order valence-corrected chi connectivity index (χ4v) is 1.85. The van der Waals surface area contributed by atoms with Crippen LogP contribution in [0, 0.1) is 5.92 Å². The fourth-order valence-electron chi connectivity index (χ4n) is 1.85. The molecule has 0 spiro atoms. The van der Waals surface area contributed by atoms with E-state index in [-0.39, 0.29) is 18.9 Å². The number of carboxylic acid groups (broad SMARTS) is 1. The van der Waals surface area contributed by atoms with Gasteiger partial charge in [0.25, 0.3) is 0 Å². The molecule has 1 aliphatic rings. The highest BCUT2D eigenvalue weighted by Gasteiger charge is 2.34. The number of carboxylic acids is 1. The summed E-state index contributed by atoms with van der Waals surface area (Å²) >= 11 is 0. The number of urea groups is 1. The first-order chi connectivity index (χ1) is 9.22. The molecule has 1 saturated heterocycles. The van der Waals surface area contributed by atoms with Crippen molar-refractivity contribution in [3.63, 3.8) is 0 Å². The number of nitrogens with one attached hydrogen (secondary N) is 2. The van der Waals surface area contributed by atoms with Gasteiger partial charge in [0.15, 0.2) is 0 Å². The van der Waals surface area contributed by atoms with Gasteiger partial charge in [0, 0.05) is 6.04 Å². The lowest BCUT2D eigenvalue weighted by molar-refractivity contribution is -0.139. The molecule has 8 nitrogen and oxygen atoms in total. The maximum absolute atomic E-state index is 12.1. The van der Waals surface area contributed by atoms with Crippen molar-refractivity contribution in [3.05, 3.63) is 0 Å². The highest BCUT2D eigenvalue weighted by Crippen LogP contribution is 2.10. The summed E-state index contributed by atoms with van der Waals surface area (Å²) in [6.07, 6.45) is -0.216. The summed E-state index contributed by atoms with van der Waals surface area (Å²) in [6, 6.07) is -1.95. The summed E-state index contributed by atoms with van der Waals surface area (Å²) in [5.41, 5.74) is 0. The lowest BCUT2D eigenvalue weighted by atomic mass is 10.0. The molecule has 0 aromatic rings. The topological polar surface area (TPSA) is 116 Å². The molecule has 0 radical (unpaired) electrons. The molecule has 0 bridgehead atoms. The minimum Gasteiger partial charge on any atom is -0.481 e. The average molecular weight is 285 g/mol. The number of carbonyl (C=O) groups excluding carboxylic acids is 3. The molecule has 1 fully saturated rings. The standard InChI is InChI=1S/C12H19N3O5/c1-6(2)8(4-10(17)18)13-12(20)15-5-9(16)14-11(19)7(15)3/h6-8H,4-5H2,1-3H3,(H,13,20)(H,17,18)(H,14,16,19). The molecule has 0 aromatic heterocycles. The molecule has 0 aliphatic carbocycles. The van der Waals surface area contributed by atoms with Crippen LogP contribution in [0.3, 0.4) is 0 Å². The van der Waals surface area contributed by atoms with Crippen LogP contribution < -0.4 is 10.6 Å². The van der Waals surface area contributed by atoms with Gasteiger partial charge in [0.2, 0.25) is 11.8 Å². The van der Waals surface area contributed by atoms with Crippen LogP contribution in [0.2, 0.25) is 0 Å². The predicted molar refractivity (Wildman–Crippen MR) is 68.7 cm³/mol. The van der Waals surface area contributed by atoms with Gasteiger partial charge in [-0.05, 0) is 12.8 Å². The molecular formula is C12H19N3O5. The largest absolute Gasteiger partial charge is 0.481 e. The number of hydrogen-bond acceptors (Lipinski definition) is 4. The number of nitrogens with zero attached hydrogens (tertiary/aromatic N) is 1. The highest BCUT2D eigenvalue weighted by molar-refractivity contribution is 6.03. The van der Waals surface area contributed by atoms with Crippen LogP contribution in [0.1, 0.15) is 27.2 Å². The van der Waals surface area contributed by atoms with Crippen molar-refractivity contribution in [2.45, 2.75) is 39.3 Å². The maximum atomic E-state index is 12.1. The van der Waals surface area contributed by atoms with Crippen LogP contribution in [0.15, 0.2) is 0 Å². The van der Waals surface area contributed by atoms with E-state index in [4.69, 9.17) is 5.11 Å². The summed E-state index contributed by atoms with van der Waals surface area (Å²) in [5, 5.41) is 13.5. The number of hydrogen-bond donors (Lipinski definition) is 3. The van der Waals surface area contributed by atoms with Crippen molar-refractivity contribution in [1.29, 1.82) is 0 Å². The van der Waals surface area contributed by atoms with Crippen LogP contribution >= 0.6 is 0 Å². The zero-order chi connectivity index (χ0) is 15.4. The van der Waals surface area contributed by atoms with Gasteiger partial charge in [-0.15, -0.1) is 0 Å². The minimum atomic E-state index is -1.02. The third kappa shape index (κ3) is 3.94. The number of amides is 4. The fraction of sp³-hybridized carbons (Fsp3) is 0.667. The van der Waals surface area contributed by atoms with E-state index in [9.17, 15) is 19.2 Å². The first-order valence-electron chi connectivity index (χ1n) is 6.35. The van der Waals surface area contributed by atoms with Crippen molar-refractivity contribution in [3.8, 4) is 0 Å². The van der Waals surface area contributed by atoms with Crippen molar-refractivity contribution < 1.29 is 24.3 Å². The first-order valence-corrected chi connectivity index (χ1v) is 6.35. The van der Waals surface area contributed by atoms with Gasteiger partial charge in [-0.2, -0.15) is 0 Å². The highest BCUT2D eigenvalue weighted by atomic mass is 16.4. The first kappa shape index (κ1) is 15.9. The van der Waals surface area contributed by atoms with E-state index in [1.54, 1.807) is 13.8 Å². The molecule has 8 heteroatoms. The summed E-state index contributed by atoms with van der Waals surface area (Å²) in [7, 11) is 0. The van der Waals surface area contributed by atoms with Crippen molar-refractivity contribution in [1.82, 2.24) is 15.5 Å². The van der Waals surface area contributed by atoms with E-state index in [1.165, 1.54) is 6.92 Å². The van der Waals surface area contributed by atoms with E-state index < -0.39 is 35.9 Å². The van der Waals surface area contributed by atoms with Crippen LogP contribution in [-0.2, 0) is 14.4 Å². The molecule has 1 rings (SSSR count). The van der Waals surface area contributed by atoms with Gasteiger partial charge in [0.1, 0.15) is 12.6 Å². The Morgan fingerprint density at radius 3 is 2.55 bits per heavy atom. The Morgan fingerprint density at radius 2 is 2.05 bits per heavy atom. The summed E-state index contributed by atoms with van der Waals surface area (Å²) in [5.74, 6) is -2.21. The lowest BCUT2D eigenvalue weighted by Gasteiger charge is -2.33. The second-order valence-electron chi connectivity index (χ2n) is 5.11. The zero-order valence-electron chi connectivity index (χ0n) is 11.7. The number of rotatable bonds is 4. The SMILES string of the molecule is CC(C)C(CC(=O)O)NC(=O)N1CC(=O)NC(=O)C1C. The van der Waals surface area contributed by atoms with Crippen molar-refractivity contribution in [2.24, 2.45) is 5.92 Å². The third-order valence-electron chi connectivity index (χ3n) is 3.19. The molecule has 2 unspecified atom stereocenters. The monoisotopic (exact) mass is 285 g/mol. The van der Waals surface area contributed by atoms with E-state index in [0.29, 0.717) is 0 Å². The van der Waals surface area contributed by atoms with Crippen molar-refractivity contribution in [2.75, 3.05) is 6.54 Å². The minimum absolute atomic E-state index is 0.0836. The Labute approximate surface area is 116 Å². The molecule has 0 saturated carbocycles. The Bertz CT molecular complexity index is 435. The molecule has 3 N–H and O–H groups in total. The summed E-state index contributed by atoms with van der Waals surface area (Å²) in [6.45, 7) is 4.84. The molecular weight excluding hydrogens is 266 g/mol. The second-order valence-corrected chi connectivity index (χ2v) is 5.11. The van der Waals surface area contributed by atoms with Crippen LogP contribution in [0.4, 0.5) is 4.79 Å². The Hall–Kier alpha value is -2.12. The Balaban J connectivity index is 2.74. The van der Waals surface area contributed by atoms with Gasteiger partial charge in [-0.1, -0.05) is 13.8 Å². The molecule has 0 aromatic carbocycles. The van der Waals surface area contributed by atoms with Gasteiger partial charge < -0.3 is 15.3 Å². The van der Waals surface area contributed by atoms with Gasteiger partial charge in [-0.25, -0.2) is 4.79 Å². The van der Waals surface area contributed by atoms with Crippen LogP contribution in [-0.4, -0.2) is 52.4 Å². The predicted octanol–water partition coefficient (Wildman–Crippen LogP) is -0.458. The molecule has 4 amide bonds. The Kier molecular flexibility index (Phi) is 5.06. The normalized spacial score (nSPS) is 20.6. The van der Waals surface area contributed by atoms with E-state index in [2.05, 4.69) is 10.6 Å². The third-order valence-corrected chi connectivity index (χ3v) is 3.19. The number of carbonyl (C=O) groups is 4. The van der Waals surface area contributed by atoms with E-state index in [1.807, 2.05) is 0 Å². The molecule has 1 heterocycles. The van der Waals surface area contributed by atoms with Crippen molar-refractivity contribution >= 4 is 23.8 Å². The number of imide groups is 1. The number of piperazine rings is 1.